The zero-order valence-electron chi connectivity index (χ0n) is 11.0. The quantitative estimate of drug-likeness (QED) is 0.731. The van der Waals surface area contributed by atoms with Gasteiger partial charge in [-0.3, -0.25) is 4.79 Å². The number of carbonyl (C=O) groups excluding carboxylic acids is 1. The number of carbonyl (C=O) groups is 1. The molecule has 0 atom stereocenters. The lowest BCUT2D eigenvalue weighted by Crippen LogP contribution is -2.22. The molecule has 0 aromatic heterocycles. The van der Waals surface area contributed by atoms with Crippen LogP contribution in [0.3, 0.4) is 0 Å². The van der Waals surface area contributed by atoms with E-state index < -0.39 is 0 Å². The maximum atomic E-state index is 12.0. The SMILES string of the molecule is COc1ccc(C(=O)CN(C)C)c(OC)c1C. The predicted molar refractivity (Wildman–Crippen MR) is 67.2 cm³/mol. The highest BCUT2D eigenvalue weighted by Crippen LogP contribution is 2.31. The van der Waals surface area contributed by atoms with Crippen molar-refractivity contribution in [3.8, 4) is 11.5 Å². The van der Waals surface area contributed by atoms with E-state index in [-0.39, 0.29) is 5.78 Å². The van der Waals surface area contributed by atoms with E-state index in [0.717, 1.165) is 11.3 Å². The highest BCUT2D eigenvalue weighted by atomic mass is 16.5. The minimum Gasteiger partial charge on any atom is -0.496 e. The first-order chi connectivity index (χ1) is 8.01. The van der Waals surface area contributed by atoms with Crippen LogP contribution in [0.5, 0.6) is 11.5 Å². The molecule has 0 unspecified atom stereocenters. The molecule has 0 spiro atoms. The molecule has 94 valence electrons. The molecule has 1 aromatic carbocycles. The van der Waals surface area contributed by atoms with Crippen LogP contribution < -0.4 is 9.47 Å². The van der Waals surface area contributed by atoms with Crippen LogP contribution in [0.4, 0.5) is 0 Å². The molecule has 0 aliphatic rings. The van der Waals surface area contributed by atoms with Crippen molar-refractivity contribution in [1.29, 1.82) is 0 Å². The third kappa shape index (κ3) is 2.97. The number of hydrogen-bond donors (Lipinski definition) is 0. The number of Topliss-reactive ketones (excluding diaryl/α,β-unsaturated/α-hetero) is 1. The molecule has 4 nitrogen and oxygen atoms in total. The molecule has 4 heteroatoms. The van der Waals surface area contributed by atoms with Gasteiger partial charge in [0.15, 0.2) is 5.78 Å². The second-order valence-corrected chi connectivity index (χ2v) is 4.13. The monoisotopic (exact) mass is 237 g/mol. The molecule has 0 fully saturated rings. The van der Waals surface area contributed by atoms with Gasteiger partial charge in [0.2, 0.25) is 0 Å². The number of ketones is 1. The van der Waals surface area contributed by atoms with Crippen molar-refractivity contribution in [2.45, 2.75) is 6.92 Å². The number of methoxy groups -OCH3 is 2. The summed E-state index contributed by atoms with van der Waals surface area (Å²) in [7, 11) is 6.89. The van der Waals surface area contributed by atoms with Crippen LogP contribution in [-0.4, -0.2) is 45.5 Å². The number of benzene rings is 1. The van der Waals surface area contributed by atoms with Gasteiger partial charge < -0.3 is 14.4 Å². The molecule has 0 heterocycles. The fraction of sp³-hybridized carbons (Fsp3) is 0.462. The minimum absolute atomic E-state index is 0.0394. The van der Waals surface area contributed by atoms with Crippen LogP contribution in [0.15, 0.2) is 12.1 Å². The van der Waals surface area contributed by atoms with Crippen LogP contribution in [0.25, 0.3) is 0 Å². The molecule has 0 aliphatic carbocycles. The Balaban J connectivity index is 3.16. The van der Waals surface area contributed by atoms with Crippen molar-refractivity contribution in [2.75, 3.05) is 34.9 Å². The Hall–Kier alpha value is -1.55. The van der Waals surface area contributed by atoms with Crippen molar-refractivity contribution < 1.29 is 14.3 Å². The summed E-state index contributed by atoms with van der Waals surface area (Å²) in [6, 6.07) is 3.54. The Labute approximate surface area is 102 Å². The first-order valence-corrected chi connectivity index (χ1v) is 5.40. The summed E-state index contributed by atoms with van der Waals surface area (Å²) < 4.78 is 10.5. The van der Waals surface area contributed by atoms with Crippen LogP contribution in [0.2, 0.25) is 0 Å². The van der Waals surface area contributed by atoms with Gasteiger partial charge in [0.1, 0.15) is 11.5 Å². The van der Waals surface area contributed by atoms with Crippen LogP contribution in [0, 0.1) is 6.92 Å². The molecule has 17 heavy (non-hydrogen) atoms. The minimum atomic E-state index is 0.0394. The zero-order chi connectivity index (χ0) is 13.0. The molecule has 0 bridgehead atoms. The van der Waals surface area contributed by atoms with Crippen molar-refractivity contribution in [3.05, 3.63) is 23.3 Å². The van der Waals surface area contributed by atoms with Crippen LogP contribution in [-0.2, 0) is 0 Å². The van der Waals surface area contributed by atoms with E-state index in [9.17, 15) is 4.79 Å². The summed E-state index contributed by atoms with van der Waals surface area (Å²) in [5.74, 6) is 1.36. The maximum absolute atomic E-state index is 12.0. The topological polar surface area (TPSA) is 38.8 Å². The van der Waals surface area contributed by atoms with E-state index in [4.69, 9.17) is 9.47 Å². The number of ether oxygens (including phenoxy) is 2. The lowest BCUT2D eigenvalue weighted by Gasteiger charge is -2.15. The first kappa shape index (κ1) is 13.5. The third-order valence-corrected chi connectivity index (χ3v) is 2.54. The molecule has 0 amide bonds. The third-order valence-electron chi connectivity index (χ3n) is 2.54. The summed E-state index contributed by atoms with van der Waals surface area (Å²) in [6.45, 7) is 2.24. The van der Waals surface area contributed by atoms with Crippen LogP contribution >= 0.6 is 0 Å². The highest BCUT2D eigenvalue weighted by molar-refractivity contribution is 6.00. The molecule has 1 aromatic rings. The number of nitrogens with zero attached hydrogens (tertiary/aromatic N) is 1. The fourth-order valence-electron chi connectivity index (χ4n) is 1.75. The second kappa shape index (κ2) is 5.68. The van der Waals surface area contributed by atoms with E-state index in [0.29, 0.717) is 17.9 Å². The number of rotatable bonds is 5. The van der Waals surface area contributed by atoms with Gasteiger partial charge >= 0.3 is 0 Å². The molecular formula is C13H19NO3. The van der Waals surface area contributed by atoms with Crippen LogP contribution in [0.1, 0.15) is 15.9 Å². The van der Waals surface area contributed by atoms with E-state index in [2.05, 4.69) is 0 Å². The van der Waals surface area contributed by atoms with E-state index >= 15 is 0 Å². The standard InChI is InChI=1S/C13H19NO3/c1-9-12(16-4)7-6-10(13(9)17-5)11(15)8-14(2)3/h6-7H,8H2,1-5H3. The Bertz CT molecular complexity index is 413. The summed E-state index contributed by atoms with van der Waals surface area (Å²) >= 11 is 0. The summed E-state index contributed by atoms with van der Waals surface area (Å²) in [5, 5.41) is 0. The average Bonchev–Trinajstić information content (AvgIpc) is 2.27. The molecule has 0 saturated carbocycles. The molecule has 0 N–H and O–H groups in total. The Morgan fingerprint density at radius 3 is 2.35 bits per heavy atom. The smallest absolute Gasteiger partial charge is 0.180 e. The molecular weight excluding hydrogens is 218 g/mol. The predicted octanol–water partition coefficient (Wildman–Crippen LogP) is 1.76. The maximum Gasteiger partial charge on any atom is 0.180 e. The molecule has 1 rings (SSSR count). The van der Waals surface area contributed by atoms with Gasteiger partial charge in [-0.05, 0) is 33.2 Å². The van der Waals surface area contributed by atoms with Gasteiger partial charge in [0, 0.05) is 5.56 Å². The first-order valence-electron chi connectivity index (χ1n) is 5.40. The lowest BCUT2D eigenvalue weighted by molar-refractivity contribution is 0.0954. The summed E-state index contributed by atoms with van der Waals surface area (Å²) in [5.41, 5.74) is 1.44. The Morgan fingerprint density at radius 1 is 1.24 bits per heavy atom. The largest absolute Gasteiger partial charge is 0.496 e. The van der Waals surface area contributed by atoms with Crippen molar-refractivity contribution in [3.63, 3.8) is 0 Å². The normalized spacial score (nSPS) is 10.5. The van der Waals surface area contributed by atoms with Crippen molar-refractivity contribution in [1.82, 2.24) is 4.90 Å². The van der Waals surface area contributed by atoms with E-state index in [1.54, 1.807) is 26.4 Å². The lowest BCUT2D eigenvalue weighted by atomic mass is 10.0. The molecule has 0 radical (unpaired) electrons. The van der Waals surface area contributed by atoms with E-state index in [1.165, 1.54) is 0 Å². The highest BCUT2D eigenvalue weighted by Gasteiger charge is 2.17. The van der Waals surface area contributed by atoms with Gasteiger partial charge in [0.05, 0.1) is 26.3 Å². The van der Waals surface area contributed by atoms with Crippen molar-refractivity contribution in [2.24, 2.45) is 0 Å². The van der Waals surface area contributed by atoms with Gasteiger partial charge in [0.25, 0.3) is 0 Å². The van der Waals surface area contributed by atoms with Gasteiger partial charge in [-0.25, -0.2) is 0 Å². The fourth-order valence-corrected chi connectivity index (χ4v) is 1.75. The molecule has 0 saturated heterocycles. The zero-order valence-corrected chi connectivity index (χ0v) is 11.0. The summed E-state index contributed by atoms with van der Waals surface area (Å²) in [6.07, 6.45) is 0. The van der Waals surface area contributed by atoms with Gasteiger partial charge in [-0.2, -0.15) is 0 Å². The average molecular weight is 237 g/mol. The second-order valence-electron chi connectivity index (χ2n) is 4.13. The Kier molecular flexibility index (Phi) is 4.52. The Morgan fingerprint density at radius 2 is 1.88 bits per heavy atom. The summed E-state index contributed by atoms with van der Waals surface area (Å²) in [4.78, 5) is 13.9. The number of likely N-dealkylation sites (N-methyl/N-ethyl adjacent to an activating group) is 1. The van der Waals surface area contributed by atoms with E-state index in [1.807, 2.05) is 25.9 Å². The van der Waals surface area contributed by atoms with Gasteiger partial charge in [-0.15, -0.1) is 0 Å². The number of hydrogen-bond acceptors (Lipinski definition) is 4. The van der Waals surface area contributed by atoms with Gasteiger partial charge in [-0.1, -0.05) is 0 Å². The van der Waals surface area contributed by atoms with Crippen molar-refractivity contribution >= 4 is 5.78 Å². The molecule has 0 aliphatic heterocycles.